The van der Waals surface area contributed by atoms with Gasteiger partial charge in [0, 0.05) is 11.6 Å². The van der Waals surface area contributed by atoms with Crippen LogP contribution in [0.4, 0.5) is 8.78 Å². The van der Waals surface area contributed by atoms with E-state index < -0.39 is 5.97 Å². The Labute approximate surface area is 184 Å². The van der Waals surface area contributed by atoms with Crippen LogP contribution >= 0.6 is 0 Å². The fourth-order valence-electron chi connectivity index (χ4n) is 3.66. The fraction of sp³-hybridized carbons (Fsp3) is 0.154. The van der Waals surface area contributed by atoms with Crippen LogP contribution in [-0.4, -0.2) is 22.7 Å². The Kier molecular flexibility index (Phi) is 6.12. The van der Waals surface area contributed by atoms with E-state index in [9.17, 15) is 18.7 Å². The summed E-state index contributed by atoms with van der Waals surface area (Å²) in [6.45, 7) is 1.86. The Morgan fingerprint density at radius 1 is 0.906 bits per heavy atom. The minimum atomic E-state index is -0.635. The first kappa shape index (κ1) is 21.4. The molecule has 3 aromatic carbocycles. The van der Waals surface area contributed by atoms with E-state index in [0.717, 1.165) is 22.3 Å². The van der Waals surface area contributed by atoms with Gasteiger partial charge in [-0.05, 0) is 78.4 Å². The zero-order chi connectivity index (χ0) is 22.7. The van der Waals surface area contributed by atoms with Crippen molar-refractivity contribution in [2.75, 3.05) is 6.61 Å². The largest absolute Gasteiger partial charge is 0.505 e. The number of carbonyl (C=O) groups is 1. The number of aromatic nitrogens is 1. The van der Waals surface area contributed by atoms with Gasteiger partial charge in [0.15, 0.2) is 5.75 Å². The van der Waals surface area contributed by atoms with E-state index in [1.54, 1.807) is 43.5 Å². The van der Waals surface area contributed by atoms with Gasteiger partial charge < -0.3 is 9.84 Å². The maximum atomic E-state index is 13.3. The van der Waals surface area contributed by atoms with Crippen molar-refractivity contribution in [2.45, 2.75) is 19.8 Å². The molecule has 0 saturated heterocycles. The normalized spacial score (nSPS) is 11.0. The van der Waals surface area contributed by atoms with Crippen LogP contribution in [0, 0.1) is 11.6 Å². The first-order chi connectivity index (χ1) is 15.4. The summed E-state index contributed by atoms with van der Waals surface area (Å²) in [6.07, 6.45) is 2.56. The maximum absolute atomic E-state index is 13.3. The lowest BCUT2D eigenvalue weighted by molar-refractivity contribution is 0.0523. The van der Waals surface area contributed by atoms with E-state index in [1.165, 1.54) is 24.3 Å². The van der Waals surface area contributed by atoms with E-state index in [1.807, 2.05) is 6.07 Å². The van der Waals surface area contributed by atoms with Crippen molar-refractivity contribution >= 4 is 16.9 Å². The minimum absolute atomic E-state index is 0.0373. The molecule has 0 radical (unpaired) electrons. The average molecular weight is 433 g/mol. The number of carbonyl (C=O) groups excluding carboxylic acids is 1. The Morgan fingerprint density at radius 3 is 2.09 bits per heavy atom. The van der Waals surface area contributed by atoms with Gasteiger partial charge in [0.2, 0.25) is 0 Å². The second-order valence-corrected chi connectivity index (χ2v) is 7.50. The van der Waals surface area contributed by atoms with Gasteiger partial charge in [-0.15, -0.1) is 0 Å². The standard InChI is InChI=1S/C26H21F2NO3/c1-2-32-26(31)23-14-19(12-17-5-9-21(28)10-6-17)22-13-18(15-29-24(22)25(23)30)11-16-3-7-20(27)8-4-16/h3-10,13-15,30H,2,11-12H2,1H3. The lowest BCUT2D eigenvalue weighted by atomic mass is 9.95. The summed E-state index contributed by atoms with van der Waals surface area (Å²) in [7, 11) is 0. The smallest absolute Gasteiger partial charge is 0.341 e. The van der Waals surface area contributed by atoms with E-state index in [0.29, 0.717) is 18.2 Å². The number of aromatic hydroxyl groups is 1. The SMILES string of the molecule is CCOC(=O)c1cc(Cc2ccc(F)cc2)c2cc(Cc3ccc(F)cc3)cnc2c1O. The maximum Gasteiger partial charge on any atom is 0.341 e. The summed E-state index contributed by atoms with van der Waals surface area (Å²) < 4.78 is 31.6. The monoisotopic (exact) mass is 433 g/mol. The van der Waals surface area contributed by atoms with Crippen LogP contribution in [0.15, 0.2) is 66.9 Å². The predicted molar refractivity (Wildman–Crippen MR) is 118 cm³/mol. The van der Waals surface area contributed by atoms with Crippen molar-refractivity contribution in [3.05, 3.63) is 106 Å². The van der Waals surface area contributed by atoms with Crippen LogP contribution in [-0.2, 0) is 17.6 Å². The molecule has 0 spiro atoms. The van der Waals surface area contributed by atoms with Gasteiger partial charge in [0.25, 0.3) is 0 Å². The van der Waals surface area contributed by atoms with Crippen molar-refractivity contribution in [1.82, 2.24) is 4.98 Å². The quantitative estimate of drug-likeness (QED) is 0.404. The summed E-state index contributed by atoms with van der Waals surface area (Å²) in [4.78, 5) is 16.8. The molecule has 4 aromatic rings. The average Bonchev–Trinajstić information content (AvgIpc) is 2.79. The van der Waals surface area contributed by atoms with Gasteiger partial charge >= 0.3 is 5.97 Å². The molecule has 4 rings (SSSR count). The zero-order valence-electron chi connectivity index (χ0n) is 17.4. The minimum Gasteiger partial charge on any atom is -0.505 e. The molecule has 0 aliphatic rings. The van der Waals surface area contributed by atoms with Crippen molar-refractivity contribution < 1.29 is 23.4 Å². The number of benzene rings is 3. The topological polar surface area (TPSA) is 59.4 Å². The summed E-state index contributed by atoms with van der Waals surface area (Å²) in [6, 6.07) is 15.8. The Balaban J connectivity index is 1.81. The van der Waals surface area contributed by atoms with E-state index in [2.05, 4.69) is 4.98 Å². The predicted octanol–water partition coefficient (Wildman–Crippen LogP) is 5.58. The van der Waals surface area contributed by atoms with Gasteiger partial charge in [-0.2, -0.15) is 0 Å². The lowest BCUT2D eigenvalue weighted by Gasteiger charge is -2.14. The highest BCUT2D eigenvalue weighted by Gasteiger charge is 2.20. The number of ether oxygens (including phenoxy) is 1. The molecule has 1 heterocycles. The zero-order valence-corrected chi connectivity index (χ0v) is 17.4. The van der Waals surface area contributed by atoms with Crippen LogP contribution < -0.4 is 0 Å². The van der Waals surface area contributed by atoms with Crippen LogP contribution in [0.5, 0.6) is 5.75 Å². The molecule has 6 heteroatoms. The molecule has 0 aliphatic carbocycles. The molecule has 0 bridgehead atoms. The van der Waals surface area contributed by atoms with Crippen molar-refractivity contribution in [3.8, 4) is 5.75 Å². The van der Waals surface area contributed by atoms with Crippen LogP contribution in [0.2, 0.25) is 0 Å². The Morgan fingerprint density at radius 2 is 1.50 bits per heavy atom. The van der Waals surface area contributed by atoms with Gasteiger partial charge in [0.05, 0.1) is 6.61 Å². The van der Waals surface area contributed by atoms with Crippen LogP contribution in [0.1, 0.15) is 39.5 Å². The first-order valence-electron chi connectivity index (χ1n) is 10.2. The van der Waals surface area contributed by atoms with Gasteiger partial charge in [-0.3, -0.25) is 4.98 Å². The molecule has 4 nitrogen and oxygen atoms in total. The van der Waals surface area contributed by atoms with Crippen molar-refractivity contribution in [1.29, 1.82) is 0 Å². The number of phenols is 1. The van der Waals surface area contributed by atoms with Crippen LogP contribution in [0.25, 0.3) is 10.9 Å². The molecule has 0 saturated carbocycles. The molecule has 1 N–H and O–H groups in total. The summed E-state index contributed by atoms with van der Waals surface area (Å²) >= 11 is 0. The molecular weight excluding hydrogens is 412 g/mol. The molecule has 0 amide bonds. The number of hydrogen-bond donors (Lipinski definition) is 1. The highest BCUT2D eigenvalue weighted by atomic mass is 19.1. The number of esters is 1. The molecule has 0 unspecified atom stereocenters. The molecule has 0 fully saturated rings. The number of halogens is 2. The van der Waals surface area contributed by atoms with Crippen molar-refractivity contribution in [3.63, 3.8) is 0 Å². The van der Waals surface area contributed by atoms with Gasteiger partial charge in [-0.25, -0.2) is 13.6 Å². The van der Waals surface area contributed by atoms with E-state index >= 15 is 0 Å². The van der Waals surface area contributed by atoms with E-state index in [4.69, 9.17) is 4.74 Å². The third kappa shape index (κ3) is 4.59. The fourth-order valence-corrected chi connectivity index (χ4v) is 3.66. The summed E-state index contributed by atoms with van der Waals surface area (Å²) in [5, 5.41) is 11.4. The highest BCUT2D eigenvalue weighted by Crippen LogP contribution is 2.33. The number of fused-ring (bicyclic) bond motifs is 1. The number of pyridine rings is 1. The lowest BCUT2D eigenvalue weighted by Crippen LogP contribution is -2.07. The molecule has 1 aromatic heterocycles. The van der Waals surface area contributed by atoms with Crippen LogP contribution in [0.3, 0.4) is 0 Å². The van der Waals surface area contributed by atoms with Gasteiger partial charge in [0.1, 0.15) is 22.7 Å². The summed E-state index contributed by atoms with van der Waals surface area (Å²) in [5.74, 6) is -1.51. The Hall–Kier alpha value is -3.80. The van der Waals surface area contributed by atoms with Crippen molar-refractivity contribution in [2.24, 2.45) is 0 Å². The third-order valence-corrected chi connectivity index (χ3v) is 5.21. The second kappa shape index (κ2) is 9.14. The number of phenolic OH excluding ortho intramolecular Hbond substituents is 1. The molecule has 0 aliphatic heterocycles. The number of hydrogen-bond acceptors (Lipinski definition) is 4. The Bertz CT molecular complexity index is 1270. The number of nitrogens with zero attached hydrogens (tertiary/aromatic N) is 1. The number of rotatable bonds is 6. The molecule has 162 valence electrons. The van der Waals surface area contributed by atoms with E-state index in [-0.39, 0.29) is 35.1 Å². The molecule has 32 heavy (non-hydrogen) atoms. The van der Waals surface area contributed by atoms with Gasteiger partial charge in [-0.1, -0.05) is 24.3 Å². The third-order valence-electron chi connectivity index (χ3n) is 5.21. The molecular formula is C26H21F2NO3. The highest BCUT2D eigenvalue weighted by molar-refractivity contribution is 6.01. The molecule has 0 atom stereocenters. The first-order valence-corrected chi connectivity index (χ1v) is 10.2. The second-order valence-electron chi connectivity index (χ2n) is 7.50. The summed E-state index contributed by atoms with van der Waals surface area (Å²) in [5.41, 5.74) is 3.71.